The third kappa shape index (κ3) is 4.38. The van der Waals surface area contributed by atoms with Crippen LogP contribution in [-0.4, -0.2) is 32.9 Å². The lowest BCUT2D eigenvalue weighted by Crippen LogP contribution is -2.50. The number of nitrogens with two attached hydrogens (primary N) is 1. The van der Waals surface area contributed by atoms with Crippen molar-refractivity contribution in [2.24, 2.45) is 5.14 Å². The fraction of sp³-hybridized carbons (Fsp3) is 0.125. The van der Waals surface area contributed by atoms with Gasteiger partial charge in [0.25, 0.3) is 11.8 Å². The number of halogens is 1. The highest BCUT2D eigenvalue weighted by atomic mass is 79.9. The topological polar surface area (TPSA) is 137 Å². The molecule has 4 N–H and O–H groups in total. The van der Waals surface area contributed by atoms with E-state index in [0.29, 0.717) is 16.0 Å². The van der Waals surface area contributed by atoms with E-state index in [1.807, 2.05) is 0 Å². The number of ether oxygens (including phenoxy) is 2. The first-order valence-electron chi connectivity index (χ1n) is 7.57. The molecule has 2 aromatic rings. The van der Waals surface area contributed by atoms with E-state index in [1.54, 1.807) is 24.3 Å². The number of sulfonamides is 1. The molecular formula is C16H14BrN3O6S. The van der Waals surface area contributed by atoms with Gasteiger partial charge in [-0.1, -0.05) is 12.1 Å². The molecule has 1 aliphatic heterocycles. The Morgan fingerprint density at radius 1 is 1.11 bits per heavy atom. The van der Waals surface area contributed by atoms with E-state index in [0.717, 1.165) is 6.07 Å². The second-order valence-electron chi connectivity index (χ2n) is 5.49. The smallest absolute Gasteiger partial charge is 0.283 e. The van der Waals surface area contributed by atoms with E-state index in [2.05, 4.69) is 26.8 Å². The maximum atomic E-state index is 12.3. The first-order chi connectivity index (χ1) is 12.8. The minimum atomic E-state index is -3.98. The fourth-order valence-corrected chi connectivity index (χ4v) is 3.24. The Morgan fingerprint density at radius 3 is 2.52 bits per heavy atom. The van der Waals surface area contributed by atoms with Gasteiger partial charge in [-0.25, -0.2) is 13.6 Å². The summed E-state index contributed by atoms with van der Waals surface area (Å²) < 4.78 is 34.1. The lowest BCUT2D eigenvalue weighted by atomic mass is 10.2. The zero-order chi connectivity index (χ0) is 19.6. The fourth-order valence-electron chi connectivity index (χ4n) is 2.27. The summed E-state index contributed by atoms with van der Waals surface area (Å²) in [5.74, 6) is -0.428. The van der Waals surface area contributed by atoms with Crippen LogP contribution in [0.2, 0.25) is 0 Å². The van der Waals surface area contributed by atoms with Crippen LogP contribution in [0.25, 0.3) is 0 Å². The van der Waals surface area contributed by atoms with Gasteiger partial charge in [0.05, 0.1) is 10.5 Å². The summed E-state index contributed by atoms with van der Waals surface area (Å²) in [4.78, 5) is 24.2. The SMILES string of the molecule is NS(=O)(=O)c1ccc(Br)c(C(=O)NNC(=O)C2COc3ccccc3O2)c1. The molecule has 11 heteroatoms. The molecule has 1 heterocycles. The number of hydrazine groups is 1. The Labute approximate surface area is 163 Å². The number of fused-ring (bicyclic) bond motifs is 1. The molecular weight excluding hydrogens is 442 g/mol. The predicted molar refractivity (Wildman–Crippen MR) is 97.5 cm³/mol. The van der Waals surface area contributed by atoms with Crippen molar-refractivity contribution in [3.63, 3.8) is 0 Å². The van der Waals surface area contributed by atoms with Gasteiger partial charge in [0.15, 0.2) is 11.5 Å². The molecule has 2 amide bonds. The Bertz CT molecular complexity index is 1010. The standard InChI is InChI=1S/C16H14BrN3O6S/c17-11-6-5-9(27(18,23)24)7-10(11)15(21)19-20-16(22)14-8-25-12-3-1-2-4-13(12)26-14/h1-7,14H,8H2,(H,19,21)(H,20,22)(H2,18,23,24). The molecule has 0 radical (unpaired) electrons. The quantitative estimate of drug-likeness (QED) is 0.582. The number of primary sulfonamides is 1. The molecule has 0 saturated heterocycles. The molecule has 0 spiro atoms. The number of hydrogen-bond acceptors (Lipinski definition) is 6. The van der Waals surface area contributed by atoms with Gasteiger partial charge in [-0.15, -0.1) is 0 Å². The highest BCUT2D eigenvalue weighted by Crippen LogP contribution is 2.30. The van der Waals surface area contributed by atoms with E-state index in [1.165, 1.54) is 12.1 Å². The largest absolute Gasteiger partial charge is 0.485 e. The van der Waals surface area contributed by atoms with Gasteiger partial charge in [-0.3, -0.25) is 20.4 Å². The van der Waals surface area contributed by atoms with Gasteiger partial charge in [0.2, 0.25) is 16.1 Å². The zero-order valence-electron chi connectivity index (χ0n) is 13.6. The van der Waals surface area contributed by atoms with Crippen molar-refractivity contribution in [1.29, 1.82) is 0 Å². The van der Waals surface area contributed by atoms with Crippen LogP contribution in [0.1, 0.15) is 10.4 Å². The lowest BCUT2D eigenvalue weighted by Gasteiger charge is -2.25. The van der Waals surface area contributed by atoms with E-state index >= 15 is 0 Å². The highest BCUT2D eigenvalue weighted by molar-refractivity contribution is 9.10. The average molecular weight is 456 g/mol. The summed E-state index contributed by atoms with van der Waals surface area (Å²) in [6.45, 7) is -0.0245. The van der Waals surface area contributed by atoms with Crippen LogP contribution in [0.3, 0.4) is 0 Å². The van der Waals surface area contributed by atoms with Crippen LogP contribution in [0.5, 0.6) is 11.5 Å². The summed E-state index contributed by atoms with van der Waals surface area (Å²) in [6.07, 6.45) is -0.959. The number of carbonyl (C=O) groups is 2. The molecule has 0 saturated carbocycles. The first-order valence-corrected chi connectivity index (χ1v) is 9.90. The van der Waals surface area contributed by atoms with Crippen LogP contribution in [0.4, 0.5) is 0 Å². The van der Waals surface area contributed by atoms with Gasteiger partial charge < -0.3 is 9.47 Å². The molecule has 0 fully saturated rings. The maximum Gasteiger partial charge on any atom is 0.283 e. The Morgan fingerprint density at radius 2 is 1.81 bits per heavy atom. The summed E-state index contributed by atoms with van der Waals surface area (Å²) in [5, 5.41) is 5.06. The van der Waals surface area contributed by atoms with Crippen molar-refractivity contribution in [3.8, 4) is 11.5 Å². The number of rotatable bonds is 3. The van der Waals surface area contributed by atoms with Crippen molar-refractivity contribution in [2.75, 3.05) is 6.61 Å². The normalized spacial score (nSPS) is 15.7. The summed E-state index contributed by atoms with van der Waals surface area (Å²) in [5.41, 5.74) is 4.40. The Hall–Kier alpha value is -2.63. The molecule has 1 unspecified atom stereocenters. The highest BCUT2D eigenvalue weighted by Gasteiger charge is 2.27. The molecule has 9 nitrogen and oxygen atoms in total. The van der Waals surface area contributed by atoms with Gasteiger partial charge in [-0.05, 0) is 46.3 Å². The molecule has 1 aliphatic rings. The number of para-hydroxylation sites is 2. The molecule has 0 aliphatic carbocycles. The van der Waals surface area contributed by atoms with Gasteiger partial charge >= 0.3 is 0 Å². The lowest BCUT2D eigenvalue weighted by molar-refractivity contribution is -0.131. The van der Waals surface area contributed by atoms with Crippen molar-refractivity contribution < 1.29 is 27.5 Å². The number of benzene rings is 2. The van der Waals surface area contributed by atoms with Crippen molar-refractivity contribution in [1.82, 2.24) is 10.9 Å². The van der Waals surface area contributed by atoms with E-state index in [9.17, 15) is 18.0 Å². The third-order valence-electron chi connectivity index (χ3n) is 3.61. The first kappa shape index (κ1) is 19.1. The van der Waals surface area contributed by atoms with Crippen molar-refractivity contribution in [2.45, 2.75) is 11.0 Å². The van der Waals surface area contributed by atoms with Crippen molar-refractivity contribution >= 4 is 37.8 Å². The van der Waals surface area contributed by atoms with Crippen LogP contribution in [0, 0.1) is 0 Å². The van der Waals surface area contributed by atoms with Crippen LogP contribution >= 0.6 is 15.9 Å². The van der Waals surface area contributed by atoms with Crippen LogP contribution in [-0.2, 0) is 14.8 Å². The second-order valence-corrected chi connectivity index (χ2v) is 7.91. The summed E-state index contributed by atoms with van der Waals surface area (Å²) in [7, 11) is -3.98. The zero-order valence-corrected chi connectivity index (χ0v) is 16.0. The van der Waals surface area contributed by atoms with Gasteiger partial charge in [0, 0.05) is 4.47 Å². The molecule has 1 atom stereocenters. The minimum Gasteiger partial charge on any atom is -0.485 e. The third-order valence-corrected chi connectivity index (χ3v) is 5.21. The predicted octanol–water partition coefficient (Wildman–Crippen LogP) is 0.697. The average Bonchev–Trinajstić information content (AvgIpc) is 2.64. The molecule has 27 heavy (non-hydrogen) atoms. The molecule has 0 aromatic heterocycles. The van der Waals surface area contributed by atoms with Gasteiger partial charge in [0.1, 0.15) is 6.61 Å². The Kier molecular flexibility index (Phi) is 5.35. The number of carbonyl (C=O) groups excluding carboxylic acids is 2. The maximum absolute atomic E-state index is 12.3. The number of hydrogen-bond donors (Lipinski definition) is 3. The van der Waals surface area contributed by atoms with Crippen LogP contribution < -0.4 is 25.5 Å². The molecule has 0 bridgehead atoms. The van der Waals surface area contributed by atoms with Crippen molar-refractivity contribution in [3.05, 3.63) is 52.5 Å². The monoisotopic (exact) mass is 455 g/mol. The number of nitrogens with one attached hydrogen (secondary N) is 2. The van der Waals surface area contributed by atoms with Crippen LogP contribution in [0.15, 0.2) is 51.8 Å². The molecule has 3 rings (SSSR count). The Balaban J connectivity index is 1.65. The van der Waals surface area contributed by atoms with E-state index in [4.69, 9.17) is 14.6 Å². The van der Waals surface area contributed by atoms with E-state index in [-0.39, 0.29) is 17.1 Å². The summed E-state index contributed by atoms with van der Waals surface area (Å²) in [6, 6.07) is 10.6. The second kappa shape index (κ2) is 7.55. The molecule has 2 aromatic carbocycles. The van der Waals surface area contributed by atoms with E-state index < -0.39 is 27.9 Å². The minimum absolute atomic E-state index is 0.0204. The number of amides is 2. The molecule has 142 valence electrons. The van der Waals surface area contributed by atoms with Gasteiger partial charge in [-0.2, -0.15) is 0 Å². The summed E-state index contributed by atoms with van der Waals surface area (Å²) >= 11 is 3.15.